The predicted molar refractivity (Wildman–Crippen MR) is 58.0 cm³/mol. The second-order valence-electron chi connectivity index (χ2n) is 3.43. The summed E-state index contributed by atoms with van der Waals surface area (Å²) in [5.74, 6) is 0.0819. The zero-order valence-electron chi connectivity index (χ0n) is 8.61. The molecule has 0 aliphatic carbocycles. The van der Waals surface area contributed by atoms with E-state index >= 15 is 0 Å². The molecule has 2 N–H and O–H groups in total. The molecule has 0 bridgehead atoms. The summed E-state index contributed by atoms with van der Waals surface area (Å²) < 4.78 is 1.82. The van der Waals surface area contributed by atoms with E-state index in [1.807, 2.05) is 11.6 Å². The minimum Gasteiger partial charge on any atom is -0.508 e. The van der Waals surface area contributed by atoms with Crippen molar-refractivity contribution < 1.29 is 9.90 Å². The lowest BCUT2D eigenvalue weighted by atomic mass is 10.1. The van der Waals surface area contributed by atoms with Gasteiger partial charge in [0, 0.05) is 31.7 Å². The van der Waals surface area contributed by atoms with E-state index in [1.54, 1.807) is 31.4 Å². The molecule has 1 aromatic carbocycles. The SMILES string of the molecule is CNC(=O)c1cn(C)c2cc(O)ccc12. The standard InChI is InChI=1S/C11H12N2O2/c1-12-11(15)9-6-13(2)10-5-7(14)3-4-8(9)10/h3-6,14H,1-2H3,(H,12,15). The van der Waals surface area contributed by atoms with Crippen LogP contribution in [0.1, 0.15) is 10.4 Å². The molecule has 2 aromatic rings. The minimum atomic E-state index is -0.119. The Balaban J connectivity index is 2.73. The fourth-order valence-electron chi connectivity index (χ4n) is 1.69. The number of aromatic nitrogens is 1. The van der Waals surface area contributed by atoms with Crippen LogP contribution in [0.15, 0.2) is 24.4 Å². The van der Waals surface area contributed by atoms with Crippen LogP contribution in [0.2, 0.25) is 0 Å². The largest absolute Gasteiger partial charge is 0.508 e. The first-order chi connectivity index (χ1) is 7.13. The predicted octanol–water partition coefficient (Wildman–Crippen LogP) is 1.24. The van der Waals surface area contributed by atoms with Gasteiger partial charge in [0.2, 0.25) is 0 Å². The number of hydrogen-bond acceptors (Lipinski definition) is 2. The number of hydrogen-bond donors (Lipinski definition) is 2. The number of carbonyl (C=O) groups is 1. The smallest absolute Gasteiger partial charge is 0.253 e. The molecular weight excluding hydrogens is 192 g/mol. The molecule has 0 saturated carbocycles. The quantitative estimate of drug-likeness (QED) is 0.734. The van der Waals surface area contributed by atoms with Gasteiger partial charge in [-0.2, -0.15) is 0 Å². The number of rotatable bonds is 1. The van der Waals surface area contributed by atoms with Gasteiger partial charge in [0.1, 0.15) is 5.75 Å². The highest BCUT2D eigenvalue weighted by atomic mass is 16.3. The van der Waals surface area contributed by atoms with Gasteiger partial charge in [-0.25, -0.2) is 0 Å². The number of benzene rings is 1. The highest BCUT2D eigenvalue weighted by molar-refractivity contribution is 6.07. The molecule has 4 heteroatoms. The Morgan fingerprint density at radius 1 is 1.47 bits per heavy atom. The molecule has 0 atom stereocenters. The number of amides is 1. The maximum atomic E-state index is 11.5. The first-order valence-corrected chi connectivity index (χ1v) is 4.63. The monoisotopic (exact) mass is 204 g/mol. The summed E-state index contributed by atoms with van der Waals surface area (Å²) in [6, 6.07) is 4.96. The van der Waals surface area contributed by atoms with E-state index in [9.17, 15) is 9.90 Å². The Morgan fingerprint density at radius 2 is 2.20 bits per heavy atom. The molecule has 1 heterocycles. The first-order valence-electron chi connectivity index (χ1n) is 4.63. The Hall–Kier alpha value is -1.97. The highest BCUT2D eigenvalue weighted by Crippen LogP contribution is 2.24. The molecule has 0 radical (unpaired) electrons. The molecule has 0 saturated heterocycles. The Morgan fingerprint density at radius 3 is 2.87 bits per heavy atom. The third-order valence-electron chi connectivity index (χ3n) is 2.45. The number of nitrogens with one attached hydrogen (secondary N) is 1. The van der Waals surface area contributed by atoms with E-state index in [2.05, 4.69) is 5.32 Å². The van der Waals surface area contributed by atoms with Crippen LogP contribution in [0.25, 0.3) is 10.9 Å². The van der Waals surface area contributed by atoms with Gasteiger partial charge < -0.3 is 15.0 Å². The summed E-state index contributed by atoms with van der Waals surface area (Å²) >= 11 is 0. The van der Waals surface area contributed by atoms with Crippen molar-refractivity contribution in [2.24, 2.45) is 7.05 Å². The van der Waals surface area contributed by atoms with Crippen molar-refractivity contribution in [3.05, 3.63) is 30.0 Å². The molecule has 0 aliphatic rings. The number of phenolic OH excluding ortho intramolecular Hbond substituents is 1. The summed E-state index contributed by atoms with van der Waals surface area (Å²) in [6.07, 6.45) is 1.75. The molecule has 0 fully saturated rings. The van der Waals surface area contributed by atoms with Gasteiger partial charge in [0.15, 0.2) is 0 Å². The zero-order chi connectivity index (χ0) is 11.0. The number of phenols is 1. The molecule has 0 aliphatic heterocycles. The van der Waals surface area contributed by atoms with E-state index in [1.165, 1.54) is 0 Å². The van der Waals surface area contributed by atoms with E-state index in [0.717, 1.165) is 10.9 Å². The number of nitrogens with zero attached hydrogens (tertiary/aromatic N) is 1. The first kappa shape index (κ1) is 9.58. The summed E-state index contributed by atoms with van der Waals surface area (Å²) in [4.78, 5) is 11.5. The molecule has 1 amide bonds. The fraction of sp³-hybridized carbons (Fsp3) is 0.182. The van der Waals surface area contributed by atoms with Gasteiger partial charge in [0.25, 0.3) is 5.91 Å². The van der Waals surface area contributed by atoms with Crippen molar-refractivity contribution in [1.29, 1.82) is 0 Å². The van der Waals surface area contributed by atoms with Gasteiger partial charge in [-0.1, -0.05) is 0 Å². The molecular formula is C11H12N2O2. The van der Waals surface area contributed by atoms with Crippen LogP contribution in [-0.4, -0.2) is 22.6 Å². The average molecular weight is 204 g/mol. The van der Waals surface area contributed by atoms with Gasteiger partial charge in [-0.15, -0.1) is 0 Å². The van der Waals surface area contributed by atoms with Crippen LogP contribution in [0.4, 0.5) is 0 Å². The molecule has 15 heavy (non-hydrogen) atoms. The normalized spacial score (nSPS) is 10.5. The van der Waals surface area contributed by atoms with Crippen LogP contribution in [-0.2, 0) is 7.05 Å². The van der Waals surface area contributed by atoms with Crippen molar-refractivity contribution in [2.45, 2.75) is 0 Å². The number of fused-ring (bicyclic) bond motifs is 1. The lowest BCUT2D eigenvalue weighted by molar-refractivity contribution is 0.0964. The summed E-state index contributed by atoms with van der Waals surface area (Å²) in [6.45, 7) is 0. The minimum absolute atomic E-state index is 0.119. The maximum Gasteiger partial charge on any atom is 0.253 e. The van der Waals surface area contributed by atoms with Crippen molar-refractivity contribution >= 4 is 16.8 Å². The van der Waals surface area contributed by atoms with Gasteiger partial charge in [-0.05, 0) is 12.1 Å². The lowest BCUT2D eigenvalue weighted by Crippen LogP contribution is -2.17. The van der Waals surface area contributed by atoms with E-state index in [-0.39, 0.29) is 11.7 Å². The van der Waals surface area contributed by atoms with Gasteiger partial charge in [-0.3, -0.25) is 4.79 Å². The van der Waals surface area contributed by atoms with Crippen LogP contribution in [0, 0.1) is 0 Å². The molecule has 78 valence electrons. The average Bonchev–Trinajstić information content (AvgIpc) is 2.55. The summed E-state index contributed by atoms with van der Waals surface area (Å²) in [5.41, 5.74) is 1.46. The van der Waals surface area contributed by atoms with Crippen molar-refractivity contribution in [1.82, 2.24) is 9.88 Å². The van der Waals surface area contributed by atoms with Crippen LogP contribution in [0.5, 0.6) is 5.75 Å². The Bertz CT molecular complexity index is 529. The van der Waals surface area contributed by atoms with E-state index < -0.39 is 0 Å². The summed E-state index contributed by atoms with van der Waals surface area (Å²) in [7, 11) is 3.44. The number of carbonyl (C=O) groups excluding carboxylic acids is 1. The maximum absolute atomic E-state index is 11.5. The van der Waals surface area contributed by atoms with Crippen molar-refractivity contribution in [3.8, 4) is 5.75 Å². The zero-order valence-corrected chi connectivity index (χ0v) is 8.61. The summed E-state index contributed by atoms with van der Waals surface area (Å²) in [5, 5.41) is 12.8. The Kier molecular flexibility index (Phi) is 2.11. The highest BCUT2D eigenvalue weighted by Gasteiger charge is 2.12. The topological polar surface area (TPSA) is 54.3 Å². The van der Waals surface area contributed by atoms with E-state index in [4.69, 9.17) is 0 Å². The van der Waals surface area contributed by atoms with Crippen molar-refractivity contribution in [2.75, 3.05) is 7.05 Å². The molecule has 2 rings (SSSR count). The molecule has 1 aromatic heterocycles. The lowest BCUT2D eigenvalue weighted by Gasteiger charge is -1.97. The number of aryl methyl sites for hydroxylation is 1. The van der Waals surface area contributed by atoms with Crippen LogP contribution < -0.4 is 5.32 Å². The molecule has 4 nitrogen and oxygen atoms in total. The Labute approximate surface area is 87.1 Å². The van der Waals surface area contributed by atoms with Crippen LogP contribution >= 0.6 is 0 Å². The number of aromatic hydroxyl groups is 1. The van der Waals surface area contributed by atoms with E-state index in [0.29, 0.717) is 5.56 Å². The fourth-order valence-corrected chi connectivity index (χ4v) is 1.69. The van der Waals surface area contributed by atoms with Gasteiger partial charge in [0.05, 0.1) is 11.1 Å². The van der Waals surface area contributed by atoms with Crippen molar-refractivity contribution in [3.63, 3.8) is 0 Å². The van der Waals surface area contributed by atoms with Crippen LogP contribution in [0.3, 0.4) is 0 Å². The second kappa shape index (κ2) is 3.31. The van der Waals surface area contributed by atoms with Gasteiger partial charge >= 0.3 is 0 Å². The second-order valence-corrected chi connectivity index (χ2v) is 3.43. The molecule has 0 spiro atoms. The third kappa shape index (κ3) is 1.44. The molecule has 0 unspecified atom stereocenters. The third-order valence-corrected chi connectivity index (χ3v) is 2.45.